The highest BCUT2D eigenvalue weighted by atomic mass is 32.2. The molecule has 1 aliphatic rings. The minimum atomic E-state index is -4.84. The van der Waals surface area contributed by atoms with Crippen molar-refractivity contribution >= 4 is 27.9 Å². The van der Waals surface area contributed by atoms with Gasteiger partial charge >= 0.3 is 12.2 Å². The minimum absolute atomic E-state index is 0.0143. The van der Waals surface area contributed by atoms with E-state index >= 15 is 0 Å². The first-order valence-electron chi connectivity index (χ1n) is 13.4. The van der Waals surface area contributed by atoms with Crippen molar-refractivity contribution in [2.24, 2.45) is 0 Å². The number of nitrogens with zero attached hydrogens (tertiary/aromatic N) is 4. The minimum Gasteiger partial charge on any atom is -0.354 e. The van der Waals surface area contributed by atoms with Gasteiger partial charge in [0.05, 0.1) is 17.3 Å². The van der Waals surface area contributed by atoms with Gasteiger partial charge in [-0.3, -0.25) is 9.35 Å². The standard InChI is InChI=1S/C28H28F3N7O5S/c29-28(30,31)26-36-22(21-9-7-20(8-10-21)16-34-27(40)35-17-44(41,42)43)14-24(37-26)38-13-1-2-23(38)25(39)33-12-11-18-3-5-19(15-32)6-4-18/h3-10,14,23H,1-2,11-13,16-17H2,(H,33,39)(H2,34,35,40)(H,41,42,43)/t23-/m0/s1. The molecule has 0 unspecified atom stereocenters. The normalized spacial score (nSPS) is 15.0. The number of aromatic nitrogens is 2. The van der Waals surface area contributed by atoms with Crippen LogP contribution in [0.4, 0.5) is 23.8 Å². The Hall–Kier alpha value is -4.75. The molecule has 16 heteroatoms. The van der Waals surface area contributed by atoms with Crippen LogP contribution in [0.1, 0.15) is 35.4 Å². The summed E-state index contributed by atoms with van der Waals surface area (Å²) in [6, 6.07) is 14.9. The van der Waals surface area contributed by atoms with E-state index in [9.17, 15) is 31.2 Å². The van der Waals surface area contributed by atoms with Crippen molar-refractivity contribution in [2.75, 3.05) is 23.9 Å². The highest BCUT2D eigenvalue weighted by Gasteiger charge is 2.38. The lowest BCUT2D eigenvalue weighted by molar-refractivity contribution is -0.144. The number of halogens is 3. The van der Waals surface area contributed by atoms with Gasteiger partial charge in [0, 0.05) is 31.3 Å². The molecule has 2 aromatic carbocycles. The third kappa shape index (κ3) is 8.88. The Morgan fingerprint density at radius 3 is 2.34 bits per heavy atom. The van der Waals surface area contributed by atoms with Crippen molar-refractivity contribution in [3.63, 3.8) is 0 Å². The quantitative estimate of drug-likeness (QED) is 0.245. The first kappa shape index (κ1) is 32.2. The van der Waals surface area contributed by atoms with E-state index < -0.39 is 40.1 Å². The van der Waals surface area contributed by atoms with Gasteiger partial charge in [-0.1, -0.05) is 36.4 Å². The molecule has 1 aromatic heterocycles. The van der Waals surface area contributed by atoms with Crippen LogP contribution in [-0.2, 0) is 34.1 Å². The second kappa shape index (κ2) is 13.7. The van der Waals surface area contributed by atoms with E-state index in [0.717, 1.165) is 5.56 Å². The van der Waals surface area contributed by atoms with Gasteiger partial charge in [-0.25, -0.2) is 14.8 Å². The monoisotopic (exact) mass is 631 g/mol. The molecule has 1 aliphatic heterocycles. The van der Waals surface area contributed by atoms with Crippen molar-refractivity contribution in [2.45, 2.75) is 38.0 Å². The summed E-state index contributed by atoms with van der Waals surface area (Å²) in [5.74, 6) is -2.68. The van der Waals surface area contributed by atoms with Gasteiger partial charge in [0.15, 0.2) is 0 Å². The average molecular weight is 632 g/mol. The molecule has 0 saturated carbocycles. The first-order valence-corrected chi connectivity index (χ1v) is 15.0. The number of hydrogen-bond donors (Lipinski definition) is 4. The molecule has 12 nitrogen and oxygen atoms in total. The van der Waals surface area contributed by atoms with Crippen molar-refractivity contribution in [3.05, 3.63) is 77.1 Å². The molecule has 1 atom stereocenters. The highest BCUT2D eigenvalue weighted by molar-refractivity contribution is 7.85. The summed E-state index contributed by atoms with van der Waals surface area (Å²) < 4.78 is 71.6. The highest BCUT2D eigenvalue weighted by Crippen LogP contribution is 2.33. The third-order valence-electron chi connectivity index (χ3n) is 6.73. The van der Waals surface area contributed by atoms with E-state index in [1.54, 1.807) is 41.3 Å². The molecule has 1 saturated heterocycles. The first-order chi connectivity index (χ1) is 20.8. The van der Waals surface area contributed by atoms with Gasteiger partial charge < -0.3 is 20.9 Å². The summed E-state index contributed by atoms with van der Waals surface area (Å²) in [5, 5.41) is 16.1. The zero-order chi connectivity index (χ0) is 31.9. The van der Waals surface area contributed by atoms with Crippen LogP contribution in [0.5, 0.6) is 0 Å². The third-order valence-corrected chi connectivity index (χ3v) is 7.24. The molecule has 1 fully saturated rings. The molecule has 0 aliphatic carbocycles. The number of rotatable bonds is 10. The molecular formula is C28H28F3N7O5S. The van der Waals surface area contributed by atoms with E-state index in [4.69, 9.17) is 9.81 Å². The summed E-state index contributed by atoms with van der Waals surface area (Å²) in [7, 11) is -4.39. The Bertz CT molecular complexity index is 1640. The van der Waals surface area contributed by atoms with Crippen molar-refractivity contribution < 1.29 is 35.7 Å². The fourth-order valence-electron chi connectivity index (χ4n) is 4.56. The lowest BCUT2D eigenvalue weighted by Gasteiger charge is -2.26. The number of nitriles is 1. The zero-order valence-corrected chi connectivity index (χ0v) is 24.0. The maximum Gasteiger partial charge on any atom is 0.451 e. The molecule has 44 heavy (non-hydrogen) atoms. The summed E-state index contributed by atoms with van der Waals surface area (Å²) in [6.45, 7) is 0.600. The van der Waals surface area contributed by atoms with Gasteiger partial charge in [0.2, 0.25) is 11.7 Å². The number of hydrogen-bond acceptors (Lipinski definition) is 8. The molecular weight excluding hydrogens is 603 g/mol. The van der Waals surface area contributed by atoms with Crippen LogP contribution in [0.25, 0.3) is 11.3 Å². The lowest BCUT2D eigenvalue weighted by Crippen LogP contribution is -2.44. The fraction of sp³-hybridized carbons (Fsp3) is 0.321. The average Bonchev–Trinajstić information content (AvgIpc) is 3.49. The smallest absolute Gasteiger partial charge is 0.354 e. The second-order valence-corrected chi connectivity index (χ2v) is 11.4. The Morgan fingerprint density at radius 1 is 1.02 bits per heavy atom. The van der Waals surface area contributed by atoms with Gasteiger partial charge in [-0.15, -0.1) is 0 Å². The Morgan fingerprint density at radius 2 is 1.70 bits per heavy atom. The summed E-state index contributed by atoms with van der Waals surface area (Å²) >= 11 is 0. The van der Waals surface area contributed by atoms with Crippen molar-refractivity contribution in [3.8, 4) is 17.3 Å². The maximum absolute atomic E-state index is 13.8. The van der Waals surface area contributed by atoms with Crippen LogP contribution in [0.3, 0.4) is 0 Å². The van der Waals surface area contributed by atoms with Gasteiger partial charge in [0.25, 0.3) is 10.1 Å². The van der Waals surface area contributed by atoms with E-state index in [2.05, 4.69) is 20.6 Å². The van der Waals surface area contributed by atoms with E-state index in [1.807, 2.05) is 11.4 Å². The van der Waals surface area contributed by atoms with Gasteiger partial charge in [-0.05, 0) is 42.5 Å². The molecule has 3 amide bonds. The molecule has 232 valence electrons. The number of anilines is 1. The van der Waals surface area contributed by atoms with Crippen LogP contribution in [0.15, 0.2) is 54.6 Å². The molecule has 0 spiro atoms. The number of alkyl halides is 3. The predicted molar refractivity (Wildman–Crippen MR) is 152 cm³/mol. The van der Waals surface area contributed by atoms with Gasteiger partial charge in [-0.2, -0.15) is 26.9 Å². The van der Waals surface area contributed by atoms with Crippen LogP contribution in [0.2, 0.25) is 0 Å². The number of carbonyl (C=O) groups excluding carboxylic acids is 2. The molecule has 4 N–H and O–H groups in total. The van der Waals surface area contributed by atoms with Crippen molar-refractivity contribution in [1.82, 2.24) is 25.9 Å². The molecule has 4 rings (SSSR count). The Balaban J connectivity index is 1.46. The molecule has 3 aromatic rings. The van der Waals surface area contributed by atoms with E-state index in [0.29, 0.717) is 49.0 Å². The number of nitrogens with one attached hydrogen (secondary N) is 3. The molecule has 0 radical (unpaired) electrons. The lowest BCUT2D eigenvalue weighted by atomic mass is 10.1. The second-order valence-electron chi connectivity index (χ2n) is 9.92. The number of carbonyl (C=O) groups is 2. The number of amides is 3. The summed E-state index contributed by atoms with van der Waals surface area (Å²) in [4.78, 5) is 33.8. The van der Waals surface area contributed by atoms with Crippen LogP contribution in [0, 0.1) is 11.3 Å². The van der Waals surface area contributed by atoms with Crippen LogP contribution in [-0.4, -0.2) is 59.9 Å². The summed E-state index contributed by atoms with van der Waals surface area (Å²) in [6.07, 6.45) is -3.32. The van der Waals surface area contributed by atoms with Gasteiger partial charge in [0.1, 0.15) is 17.7 Å². The number of benzene rings is 2. The fourth-order valence-corrected chi connectivity index (χ4v) is 4.87. The SMILES string of the molecule is N#Cc1ccc(CCNC(=O)[C@@H]2CCCN2c2cc(-c3ccc(CNC(=O)NCS(=O)(=O)O)cc3)nc(C(F)(F)F)n2)cc1. The molecule has 0 bridgehead atoms. The number of urea groups is 1. The van der Waals surface area contributed by atoms with Crippen LogP contribution < -0.4 is 20.9 Å². The maximum atomic E-state index is 13.8. The topological polar surface area (TPSA) is 177 Å². The predicted octanol–water partition coefficient (Wildman–Crippen LogP) is 3.01. The van der Waals surface area contributed by atoms with E-state index in [1.165, 1.54) is 18.2 Å². The van der Waals surface area contributed by atoms with Crippen LogP contribution >= 0.6 is 0 Å². The Labute approximate surface area is 251 Å². The zero-order valence-electron chi connectivity index (χ0n) is 23.1. The molecule has 2 heterocycles. The van der Waals surface area contributed by atoms with E-state index in [-0.39, 0.29) is 24.0 Å². The largest absolute Gasteiger partial charge is 0.451 e. The van der Waals surface area contributed by atoms with Crippen molar-refractivity contribution in [1.29, 1.82) is 5.26 Å². The summed E-state index contributed by atoms with van der Waals surface area (Å²) in [5.41, 5.74) is 2.32. The Kier molecular flexibility index (Phi) is 10.0.